The second-order valence-corrected chi connectivity index (χ2v) is 11.5. The highest BCUT2D eigenvalue weighted by molar-refractivity contribution is 5.87. The van der Waals surface area contributed by atoms with Crippen molar-refractivity contribution in [2.75, 3.05) is 33.4 Å². The fourth-order valence-electron chi connectivity index (χ4n) is 7.41. The van der Waals surface area contributed by atoms with Crippen LogP contribution in [0.4, 0.5) is 31.1 Å². The summed E-state index contributed by atoms with van der Waals surface area (Å²) >= 11 is 0. The number of rotatable bonds is 3. The number of fused-ring (bicyclic) bond motifs is 1. The lowest BCUT2D eigenvalue weighted by atomic mass is 9.64. The van der Waals surface area contributed by atoms with Crippen LogP contribution >= 0.6 is 0 Å². The zero-order valence-corrected chi connectivity index (χ0v) is 23.5. The van der Waals surface area contributed by atoms with E-state index in [0.717, 1.165) is 12.1 Å². The van der Waals surface area contributed by atoms with Crippen LogP contribution in [0.2, 0.25) is 0 Å². The molecule has 0 aromatic heterocycles. The quantitative estimate of drug-likeness (QED) is 0.436. The molecule has 2 aromatic rings. The lowest BCUT2D eigenvalue weighted by Gasteiger charge is -2.57. The highest BCUT2D eigenvalue weighted by atomic mass is 19.4. The zero-order chi connectivity index (χ0) is 30.7. The van der Waals surface area contributed by atoms with Gasteiger partial charge >= 0.3 is 18.4 Å². The van der Waals surface area contributed by atoms with E-state index in [1.54, 1.807) is 43.0 Å². The van der Waals surface area contributed by atoms with Crippen LogP contribution in [0.5, 0.6) is 0 Å². The number of benzene rings is 2. The number of ether oxygens (including phenoxy) is 1. The summed E-state index contributed by atoms with van der Waals surface area (Å²) in [5.74, 6) is -1.20. The highest BCUT2D eigenvalue weighted by Crippen LogP contribution is 2.57. The summed E-state index contributed by atoms with van der Waals surface area (Å²) in [6.45, 7) is 4.30. The molecule has 3 aliphatic heterocycles. The van der Waals surface area contributed by atoms with Crippen LogP contribution in [0.3, 0.4) is 0 Å². The Hall–Kier alpha value is -3.28. The molecule has 6 nitrogen and oxygen atoms in total. The fraction of sp³-hybridized carbons (Fsp3) is 0.533. The summed E-state index contributed by atoms with van der Waals surface area (Å²) < 4.78 is 89.4. The molecular formula is C30H33F6N3O3. The van der Waals surface area contributed by atoms with Crippen molar-refractivity contribution < 1.29 is 40.7 Å². The number of halogens is 6. The van der Waals surface area contributed by atoms with Gasteiger partial charge in [0.25, 0.3) is 0 Å². The first-order valence-corrected chi connectivity index (χ1v) is 13.9. The number of carbonyl (C=O) groups is 2. The molecule has 3 saturated heterocycles. The van der Waals surface area contributed by atoms with Crippen LogP contribution in [0.15, 0.2) is 42.5 Å². The van der Waals surface area contributed by atoms with Gasteiger partial charge in [-0.05, 0) is 61.1 Å². The largest absolute Gasteiger partial charge is 0.416 e. The molecule has 228 valence electrons. The van der Waals surface area contributed by atoms with Gasteiger partial charge in [0.15, 0.2) is 0 Å². The Morgan fingerprint density at radius 2 is 1.60 bits per heavy atom. The third-order valence-electron chi connectivity index (χ3n) is 9.45. The van der Waals surface area contributed by atoms with E-state index in [1.165, 1.54) is 11.9 Å². The van der Waals surface area contributed by atoms with Crippen LogP contribution in [0.25, 0.3) is 0 Å². The molecule has 0 radical (unpaired) electrons. The van der Waals surface area contributed by atoms with Gasteiger partial charge in [-0.15, -0.1) is 0 Å². The first-order valence-electron chi connectivity index (χ1n) is 13.9. The lowest BCUT2D eigenvalue weighted by Crippen LogP contribution is -2.69. The number of urea groups is 1. The molecule has 1 N–H and O–H groups in total. The van der Waals surface area contributed by atoms with E-state index in [4.69, 9.17) is 4.74 Å². The van der Waals surface area contributed by atoms with Gasteiger partial charge in [-0.1, -0.05) is 31.2 Å². The topological polar surface area (TPSA) is 61.9 Å². The first-order chi connectivity index (χ1) is 19.7. The minimum Gasteiger partial charge on any atom is -0.381 e. The van der Waals surface area contributed by atoms with Gasteiger partial charge in [-0.3, -0.25) is 4.79 Å². The summed E-state index contributed by atoms with van der Waals surface area (Å²) in [4.78, 5) is 30.9. The Morgan fingerprint density at radius 3 is 2.14 bits per heavy atom. The summed E-state index contributed by atoms with van der Waals surface area (Å²) in [6, 6.07) is 7.38. The first kappa shape index (κ1) is 30.2. The SMILES string of the molecule is CNC(=O)N1CCN2C(=O)C3(CCOCC3)CC2C1(c1ccccc1C)[C@H](C)c1cc(C(F)(F)F)cc(C(F)(F)F)c1. The molecule has 3 fully saturated rings. The molecular weight excluding hydrogens is 564 g/mol. The Bertz CT molecular complexity index is 1340. The van der Waals surface area contributed by atoms with Gasteiger partial charge < -0.3 is 19.9 Å². The molecule has 0 bridgehead atoms. The highest BCUT2D eigenvalue weighted by Gasteiger charge is 2.65. The zero-order valence-electron chi connectivity index (χ0n) is 23.5. The standard InChI is InChI=1S/C30H33F6N3O3/c1-18-6-4-5-7-23(18)28(19(2)20-14-21(29(31,32)33)16-22(15-20)30(34,35)36)24-17-27(8-12-42-13-9-27)25(40)38(24)10-11-39(28)26(41)37-3/h4-7,14-16,19,24H,8-13,17H2,1-3H3,(H,37,41)/t19-,24?,28?/m1/s1. The molecule has 3 amide bonds. The van der Waals surface area contributed by atoms with Crippen LogP contribution in [-0.4, -0.2) is 61.1 Å². The van der Waals surface area contributed by atoms with Crippen molar-refractivity contribution in [3.05, 3.63) is 70.3 Å². The molecule has 0 saturated carbocycles. The van der Waals surface area contributed by atoms with Crippen LogP contribution in [-0.2, 0) is 27.4 Å². The number of alkyl halides is 6. The van der Waals surface area contributed by atoms with Gasteiger partial charge in [-0.2, -0.15) is 26.3 Å². The Morgan fingerprint density at radius 1 is 1.00 bits per heavy atom. The second kappa shape index (κ2) is 10.5. The third kappa shape index (κ3) is 4.71. The average molecular weight is 598 g/mol. The van der Waals surface area contributed by atoms with Crippen molar-refractivity contribution in [2.45, 2.75) is 63.0 Å². The van der Waals surface area contributed by atoms with Gasteiger partial charge in [0.1, 0.15) is 0 Å². The predicted molar refractivity (Wildman–Crippen MR) is 141 cm³/mol. The van der Waals surface area contributed by atoms with Gasteiger partial charge in [0, 0.05) is 39.3 Å². The predicted octanol–water partition coefficient (Wildman–Crippen LogP) is 6.08. The van der Waals surface area contributed by atoms with Gasteiger partial charge in [0.2, 0.25) is 5.91 Å². The molecule has 3 aliphatic rings. The summed E-state index contributed by atoms with van der Waals surface area (Å²) in [7, 11) is 1.42. The molecule has 12 heteroatoms. The summed E-state index contributed by atoms with van der Waals surface area (Å²) in [5.41, 5.74) is -4.10. The van der Waals surface area contributed by atoms with Crippen LogP contribution in [0.1, 0.15) is 59.9 Å². The maximum Gasteiger partial charge on any atom is 0.416 e. The van der Waals surface area contributed by atoms with Crippen LogP contribution < -0.4 is 5.32 Å². The molecule has 5 rings (SSSR count). The summed E-state index contributed by atoms with van der Waals surface area (Å²) in [5, 5.41) is 2.62. The molecule has 0 aliphatic carbocycles. The maximum atomic E-state index is 14.1. The van der Waals surface area contributed by atoms with E-state index in [2.05, 4.69) is 5.32 Å². The number of amides is 3. The molecule has 1 spiro atoms. The van der Waals surface area contributed by atoms with Gasteiger partial charge in [0.05, 0.1) is 28.1 Å². The Balaban J connectivity index is 1.82. The third-order valence-corrected chi connectivity index (χ3v) is 9.45. The number of aryl methyl sites for hydroxylation is 1. The van der Waals surface area contributed by atoms with Crippen molar-refractivity contribution in [1.82, 2.24) is 15.1 Å². The number of piperazine rings is 1. The number of hydrogen-bond donors (Lipinski definition) is 1. The van der Waals surface area contributed by atoms with Crippen LogP contribution in [0, 0.1) is 12.3 Å². The minimum absolute atomic E-state index is 0.0399. The smallest absolute Gasteiger partial charge is 0.381 e. The van der Waals surface area contributed by atoms with E-state index in [-0.39, 0.29) is 37.0 Å². The van der Waals surface area contributed by atoms with Crippen molar-refractivity contribution >= 4 is 11.9 Å². The lowest BCUT2D eigenvalue weighted by molar-refractivity contribution is -0.144. The molecule has 3 atom stereocenters. The van der Waals surface area contributed by atoms with Gasteiger partial charge in [-0.25, -0.2) is 4.79 Å². The normalized spacial score (nSPS) is 25.0. The van der Waals surface area contributed by atoms with E-state index < -0.39 is 52.4 Å². The van der Waals surface area contributed by atoms with Crippen molar-refractivity contribution in [2.24, 2.45) is 5.41 Å². The van der Waals surface area contributed by atoms with Crippen molar-refractivity contribution in [3.63, 3.8) is 0 Å². The maximum absolute atomic E-state index is 14.1. The summed E-state index contributed by atoms with van der Waals surface area (Å²) in [6.07, 6.45) is -8.91. The number of hydrogen-bond acceptors (Lipinski definition) is 3. The minimum atomic E-state index is -5.04. The number of nitrogens with one attached hydrogen (secondary N) is 1. The molecule has 2 aromatic carbocycles. The van der Waals surface area contributed by atoms with E-state index >= 15 is 0 Å². The fourth-order valence-corrected chi connectivity index (χ4v) is 7.41. The number of carbonyl (C=O) groups excluding carboxylic acids is 2. The van der Waals surface area contributed by atoms with E-state index in [9.17, 15) is 35.9 Å². The van der Waals surface area contributed by atoms with E-state index in [0.29, 0.717) is 37.2 Å². The monoisotopic (exact) mass is 597 g/mol. The Kier molecular flexibility index (Phi) is 7.52. The average Bonchev–Trinajstić information content (AvgIpc) is 3.22. The number of nitrogens with zero attached hydrogens (tertiary/aromatic N) is 2. The second-order valence-electron chi connectivity index (χ2n) is 11.5. The van der Waals surface area contributed by atoms with Crippen molar-refractivity contribution in [1.29, 1.82) is 0 Å². The molecule has 2 unspecified atom stereocenters. The van der Waals surface area contributed by atoms with E-state index in [1.807, 2.05) is 0 Å². The van der Waals surface area contributed by atoms with Crippen molar-refractivity contribution in [3.8, 4) is 0 Å². The Labute approximate surface area is 240 Å². The molecule has 42 heavy (non-hydrogen) atoms. The molecule has 3 heterocycles.